The minimum absolute atomic E-state index is 0.208. The van der Waals surface area contributed by atoms with Gasteiger partial charge in [-0.1, -0.05) is 55.5 Å². The number of pyridine rings is 2. The summed E-state index contributed by atoms with van der Waals surface area (Å²) in [5, 5.41) is 8.16. The maximum absolute atomic E-state index is 4.86. The molecular formula is C24H21N5. The molecule has 0 spiro atoms. The Labute approximate surface area is 169 Å². The molecule has 1 atom stereocenters. The minimum atomic E-state index is 0.208. The third kappa shape index (κ3) is 3.14. The molecule has 0 bridgehead atoms. The Kier molecular flexibility index (Phi) is 4.28. The Hall–Kier alpha value is -3.60. The molecule has 0 aliphatic heterocycles. The average Bonchev–Trinajstić information content (AvgIpc) is 3.23. The van der Waals surface area contributed by atoms with Gasteiger partial charge in [0.05, 0.1) is 11.6 Å². The van der Waals surface area contributed by atoms with Crippen LogP contribution in [0.5, 0.6) is 0 Å². The summed E-state index contributed by atoms with van der Waals surface area (Å²) >= 11 is 0. The van der Waals surface area contributed by atoms with Gasteiger partial charge >= 0.3 is 0 Å². The largest absolute Gasteiger partial charge is 0.252 e. The van der Waals surface area contributed by atoms with Crippen LogP contribution in [0.4, 0.5) is 0 Å². The first kappa shape index (κ1) is 17.5. The number of nitrogens with zero attached hydrogens (tertiary/aromatic N) is 5. The van der Waals surface area contributed by atoms with Crippen LogP contribution < -0.4 is 0 Å². The normalized spacial score (nSPS) is 12.5. The van der Waals surface area contributed by atoms with Crippen LogP contribution in [0.3, 0.4) is 0 Å². The second-order valence-electron chi connectivity index (χ2n) is 7.27. The van der Waals surface area contributed by atoms with Crippen molar-refractivity contribution in [3.8, 4) is 23.0 Å². The maximum atomic E-state index is 4.86. The lowest BCUT2D eigenvalue weighted by atomic mass is 10.1. The molecule has 0 fully saturated rings. The highest BCUT2D eigenvalue weighted by Gasteiger charge is 2.19. The van der Waals surface area contributed by atoms with Crippen molar-refractivity contribution in [1.29, 1.82) is 0 Å². The van der Waals surface area contributed by atoms with Gasteiger partial charge in [-0.05, 0) is 36.9 Å². The number of benzene rings is 2. The fourth-order valence-electron chi connectivity index (χ4n) is 3.48. The summed E-state index contributed by atoms with van der Waals surface area (Å²) in [6.07, 6.45) is 2.83. The third-order valence-corrected chi connectivity index (χ3v) is 5.33. The quantitative estimate of drug-likeness (QED) is 0.403. The van der Waals surface area contributed by atoms with E-state index in [0.29, 0.717) is 5.82 Å². The molecule has 0 amide bonds. The van der Waals surface area contributed by atoms with E-state index in [0.717, 1.165) is 45.3 Å². The first-order valence-electron chi connectivity index (χ1n) is 9.91. The topological polar surface area (TPSA) is 56.5 Å². The molecule has 0 saturated heterocycles. The van der Waals surface area contributed by atoms with E-state index in [-0.39, 0.29) is 6.04 Å². The van der Waals surface area contributed by atoms with Gasteiger partial charge in [-0.15, -0.1) is 5.10 Å². The number of hydrogen-bond donors (Lipinski definition) is 0. The zero-order chi connectivity index (χ0) is 19.8. The fraction of sp³-hybridized carbons (Fsp3) is 0.167. The van der Waals surface area contributed by atoms with E-state index in [2.05, 4.69) is 43.1 Å². The lowest BCUT2D eigenvalue weighted by Gasteiger charge is -2.12. The summed E-state index contributed by atoms with van der Waals surface area (Å²) in [5.74, 6) is 1.40. The van der Waals surface area contributed by atoms with Crippen LogP contribution in [-0.2, 0) is 0 Å². The maximum Gasteiger partial charge on any atom is 0.200 e. The predicted octanol–water partition coefficient (Wildman–Crippen LogP) is 5.68. The SMILES string of the molecule is CCC(C)n1nc(-c2cc3ccccc3cn2)nc1-c1ccc2ccccc2n1. The molecule has 5 nitrogen and oxygen atoms in total. The fourth-order valence-corrected chi connectivity index (χ4v) is 3.48. The standard InChI is InChI=1S/C24H21N5/c1-3-16(2)29-24(21-13-12-17-8-6-7-11-20(17)26-21)27-23(28-29)22-14-18-9-4-5-10-19(18)15-25-22/h4-16H,3H2,1-2H3. The summed E-state index contributed by atoms with van der Waals surface area (Å²) in [5.41, 5.74) is 2.55. The van der Waals surface area contributed by atoms with E-state index < -0.39 is 0 Å². The van der Waals surface area contributed by atoms with Crippen LogP contribution in [0.15, 0.2) is 72.9 Å². The summed E-state index contributed by atoms with van der Waals surface area (Å²) in [6.45, 7) is 4.30. The van der Waals surface area contributed by atoms with Crippen molar-refractivity contribution >= 4 is 21.7 Å². The van der Waals surface area contributed by atoms with Crippen LogP contribution >= 0.6 is 0 Å². The van der Waals surface area contributed by atoms with Gasteiger partial charge in [0.2, 0.25) is 0 Å². The Balaban J connectivity index is 1.66. The van der Waals surface area contributed by atoms with Gasteiger partial charge in [-0.3, -0.25) is 4.98 Å². The van der Waals surface area contributed by atoms with Crippen molar-refractivity contribution in [2.75, 3.05) is 0 Å². The molecule has 5 rings (SSSR count). The van der Waals surface area contributed by atoms with Crippen molar-refractivity contribution in [2.45, 2.75) is 26.3 Å². The second kappa shape index (κ2) is 7.09. The number of aromatic nitrogens is 5. The summed E-state index contributed by atoms with van der Waals surface area (Å²) < 4.78 is 1.98. The van der Waals surface area contributed by atoms with Crippen molar-refractivity contribution < 1.29 is 0 Å². The first-order chi connectivity index (χ1) is 14.2. The molecule has 1 unspecified atom stereocenters. The Bertz CT molecular complexity index is 1320. The van der Waals surface area contributed by atoms with Gasteiger partial charge in [0.25, 0.3) is 0 Å². The lowest BCUT2D eigenvalue weighted by Crippen LogP contribution is -2.08. The number of rotatable bonds is 4. The Morgan fingerprint density at radius 3 is 2.41 bits per heavy atom. The van der Waals surface area contributed by atoms with Crippen molar-refractivity contribution in [1.82, 2.24) is 24.7 Å². The van der Waals surface area contributed by atoms with Crippen LogP contribution in [0.1, 0.15) is 26.3 Å². The van der Waals surface area contributed by atoms with Gasteiger partial charge in [0.15, 0.2) is 11.6 Å². The molecule has 0 radical (unpaired) electrons. The van der Waals surface area contributed by atoms with Gasteiger partial charge in [0.1, 0.15) is 11.4 Å². The molecule has 0 N–H and O–H groups in total. The summed E-state index contributed by atoms with van der Waals surface area (Å²) in [6, 6.07) is 22.7. The van der Waals surface area contributed by atoms with E-state index in [4.69, 9.17) is 15.1 Å². The second-order valence-corrected chi connectivity index (χ2v) is 7.27. The monoisotopic (exact) mass is 379 g/mol. The average molecular weight is 379 g/mol. The Morgan fingerprint density at radius 1 is 0.828 bits per heavy atom. The molecular weight excluding hydrogens is 358 g/mol. The van der Waals surface area contributed by atoms with Gasteiger partial charge in [-0.2, -0.15) is 0 Å². The highest BCUT2D eigenvalue weighted by molar-refractivity contribution is 5.84. The van der Waals surface area contributed by atoms with E-state index in [1.54, 1.807) is 0 Å². The van der Waals surface area contributed by atoms with Crippen molar-refractivity contribution in [2.24, 2.45) is 0 Å². The van der Waals surface area contributed by atoms with E-state index in [9.17, 15) is 0 Å². The van der Waals surface area contributed by atoms with Gasteiger partial charge in [-0.25, -0.2) is 14.6 Å². The van der Waals surface area contributed by atoms with E-state index in [1.807, 2.05) is 53.3 Å². The Morgan fingerprint density at radius 2 is 1.59 bits per heavy atom. The molecule has 5 aromatic rings. The van der Waals surface area contributed by atoms with Crippen LogP contribution in [0, 0.1) is 0 Å². The first-order valence-corrected chi connectivity index (χ1v) is 9.91. The highest BCUT2D eigenvalue weighted by Crippen LogP contribution is 2.27. The summed E-state index contributed by atoms with van der Waals surface area (Å²) in [7, 11) is 0. The molecule has 2 aromatic carbocycles. The van der Waals surface area contributed by atoms with Crippen LogP contribution in [0.2, 0.25) is 0 Å². The predicted molar refractivity (Wildman–Crippen MR) is 116 cm³/mol. The van der Waals surface area contributed by atoms with Crippen molar-refractivity contribution in [3.63, 3.8) is 0 Å². The van der Waals surface area contributed by atoms with Crippen LogP contribution in [-0.4, -0.2) is 24.7 Å². The molecule has 0 aliphatic rings. The molecule has 142 valence electrons. The molecule has 5 heteroatoms. The van der Waals surface area contributed by atoms with Crippen LogP contribution in [0.25, 0.3) is 44.7 Å². The van der Waals surface area contributed by atoms with Crippen molar-refractivity contribution in [3.05, 3.63) is 72.9 Å². The lowest BCUT2D eigenvalue weighted by molar-refractivity contribution is 0.482. The molecule has 3 heterocycles. The minimum Gasteiger partial charge on any atom is -0.252 e. The van der Waals surface area contributed by atoms with E-state index >= 15 is 0 Å². The molecule has 0 saturated carbocycles. The summed E-state index contributed by atoms with van der Waals surface area (Å²) in [4.78, 5) is 14.3. The highest BCUT2D eigenvalue weighted by atomic mass is 15.4. The smallest absolute Gasteiger partial charge is 0.200 e. The zero-order valence-electron chi connectivity index (χ0n) is 16.4. The van der Waals surface area contributed by atoms with Gasteiger partial charge in [0, 0.05) is 17.0 Å². The number of hydrogen-bond acceptors (Lipinski definition) is 4. The zero-order valence-corrected chi connectivity index (χ0v) is 16.4. The molecule has 29 heavy (non-hydrogen) atoms. The molecule has 3 aromatic heterocycles. The van der Waals surface area contributed by atoms with E-state index in [1.165, 1.54) is 0 Å². The third-order valence-electron chi connectivity index (χ3n) is 5.33. The number of para-hydroxylation sites is 1. The van der Waals surface area contributed by atoms with Gasteiger partial charge < -0.3 is 0 Å². The number of fused-ring (bicyclic) bond motifs is 2. The molecule has 0 aliphatic carbocycles.